The Morgan fingerprint density at radius 2 is 2.06 bits per heavy atom. The van der Waals surface area contributed by atoms with E-state index in [1.165, 1.54) is 11.5 Å². The highest BCUT2D eigenvalue weighted by Gasteiger charge is 2.29. The molecule has 0 spiro atoms. The van der Waals surface area contributed by atoms with Gasteiger partial charge in [0.05, 0.1) is 24.4 Å². The molecule has 0 unspecified atom stereocenters. The van der Waals surface area contributed by atoms with Crippen molar-refractivity contribution >= 4 is 39.2 Å². The molecule has 4 heterocycles. The highest BCUT2D eigenvalue weighted by atomic mass is 32.1. The van der Waals surface area contributed by atoms with E-state index in [1.807, 2.05) is 38.3 Å². The minimum absolute atomic E-state index is 0. The van der Waals surface area contributed by atoms with Gasteiger partial charge in [-0.15, -0.1) is 0 Å². The summed E-state index contributed by atoms with van der Waals surface area (Å²) in [7, 11) is 0. The van der Waals surface area contributed by atoms with Crippen LogP contribution in [0.25, 0.3) is 16.7 Å². The van der Waals surface area contributed by atoms with E-state index in [0.29, 0.717) is 17.9 Å². The molecule has 1 N–H and O–H groups in total. The van der Waals surface area contributed by atoms with Gasteiger partial charge in [-0.2, -0.15) is 9.36 Å². The lowest BCUT2D eigenvalue weighted by molar-refractivity contribution is -0.00127. The lowest BCUT2D eigenvalue weighted by Gasteiger charge is -2.38. The third-order valence-electron chi connectivity index (χ3n) is 6.59. The average molecular weight is 483 g/mol. The maximum absolute atomic E-state index is 6.59. The Morgan fingerprint density at radius 1 is 1.26 bits per heavy atom. The molecule has 2 fully saturated rings. The van der Waals surface area contributed by atoms with Crippen molar-refractivity contribution in [1.82, 2.24) is 23.8 Å². The Hall–Kier alpha value is -2.75. The molecular weight excluding hydrogens is 448 g/mol. The van der Waals surface area contributed by atoms with Crippen LogP contribution in [0.1, 0.15) is 39.7 Å². The Bertz CT molecular complexity index is 1180. The van der Waals surface area contributed by atoms with Crippen molar-refractivity contribution in [3.05, 3.63) is 42.8 Å². The molecular formula is C25H34N6O2S. The van der Waals surface area contributed by atoms with E-state index in [4.69, 9.17) is 19.4 Å². The molecule has 1 aliphatic carbocycles. The monoisotopic (exact) mass is 482 g/mol. The fourth-order valence-corrected chi connectivity index (χ4v) is 5.51. The van der Waals surface area contributed by atoms with Crippen LogP contribution in [-0.2, 0) is 4.74 Å². The predicted molar refractivity (Wildman–Crippen MR) is 139 cm³/mol. The second-order valence-electron chi connectivity index (χ2n) is 8.97. The first-order valence-electron chi connectivity index (χ1n) is 12.0. The predicted octanol–water partition coefficient (Wildman–Crippen LogP) is 5.25. The fraction of sp³-hybridized carbons (Fsp3) is 0.480. The number of aryl methyl sites for hydroxylation is 1. The summed E-state index contributed by atoms with van der Waals surface area (Å²) in [5.41, 5.74) is 3.73. The molecule has 0 radical (unpaired) electrons. The van der Waals surface area contributed by atoms with Gasteiger partial charge in [0.15, 0.2) is 0 Å². The summed E-state index contributed by atoms with van der Waals surface area (Å²) < 4.78 is 18.5. The zero-order valence-corrected chi connectivity index (χ0v) is 20.7. The van der Waals surface area contributed by atoms with E-state index in [1.54, 1.807) is 6.08 Å². The number of morpholine rings is 1. The van der Waals surface area contributed by atoms with Crippen LogP contribution in [-0.4, -0.2) is 62.3 Å². The van der Waals surface area contributed by atoms with Crippen LogP contribution < -0.4 is 10.1 Å². The number of allylic oxidation sites excluding steroid dienone is 3. The van der Waals surface area contributed by atoms with Gasteiger partial charge in [-0.1, -0.05) is 12.7 Å². The number of anilines is 2. The first kappa shape index (κ1) is 23.0. The number of hydrogen-bond donors (Lipinski definition) is 1. The summed E-state index contributed by atoms with van der Waals surface area (Å²) in [6.07, 6.45) is 10.2. The molecule has 0 aromatic carbocycles. The van der Waals surface area contributed by atoms with Crippen molar-refractivity contribution in [1.29, 1.82) is 0 Å². The summed E-state index contributed by atoms with van der Waals surface area (Å²) in [4.78, 5) is 12.2. The van der Waals surface area contributed by atoms with Crippen LogP contribution in [0, 0.1) is 6.92 Å². The van der Waals surface area contributed by atoms with Crippen LogP contribution in [0.15, 0.2) is 37.1 Å². The zero-order valence-electron chi connectivity index (χ0n) is 19.9. The first-order valence-corrected chi connectivity index (χ1v) is 12.8. The highest BCUT2D eigenvalue weighted by Crippen LogP contribution is 2.33. The normalized spacial score (nSPS) is 22.1. The lowest BCUT2D eigenvalue weighted by atomic mass is 9.91. The van der Waals surface area contributed by atoms with Gasteiger partial charge in [0.1, 0.15) is 16.6 Å². The standard InChI is InChI=1S/C25H32N6O2S.H2/c1-4-5-18(3)31-11-10-21-23(31)24(28-25(26-21)27-22-16-17(2)29-34-22)33-20-8-6-19(7-9-20)30-12-14-32-15-13-30;/h4-5,10-11,16,19-20H,1,6-9,12-15H2,2-3H3,(H,26,27,28);1H/b18-5+;. The van der Waals surface area contributed by atoms with E-state index >= 15 is 0 Å². The number of aromatic nitrogens is 4. The molecule has 1 aliphatic heterocycles. The third kappa shape index (κ3) is 5.01. The van der Waals surface area contributed by atoms with Gasteiger partial charge in [0.25, 0.3) is 0 Å². The largest absolute Gasteiger partial charge is 0.473 e. The minimum atomic E-state index is 0. The molecule has 5 rings (SSSR count). The van der Waals surface area contributed by atoms with Crippen LogP contribution >= 0.6 is 11.5 Å². The van der Waals surface area contributed by atoms with Crippen molar-refractivity contribution < 1.29 is 10.9 Å². The van der Waals surface area contributed by atoms with Gasteiger partial charge in [-0.05, 0) is 69.3 Å². The average Bonchev–Trinajstić information content (AvgIpc) is 3.46. The van der Waals surface area contributed by atoms with Gasteiger partial charge >= 0.3 is 0 Å². The van der Waals surface area contributed by atoms with Gasteiger partial charge in [0, 0.05) is 32.5 Å². The van der Waals surface area contributed by atoms with Crippen molar-refractivity contribution in [3.63, 3.8) is 0 Å². The SMILES string of the molecule is C=C/C=C(\C)n1ccc2nc(Nc3cc(C)ns3)nc(OC3CCC(N4CCOCC4)CC3)c21.[HH]. The van der Waals surface area contributed by atoms with Gasteiger partial charge < -0.3 is 19.4 Å². The van der Waals surface area contributed by atoms with E-state index in [-0.39, 0.29) is 7.53 Å². The molecule has 3 aromatic rings. The summed E-state index contributed by atoms with van der Waals surface area (Å²) in [6, 6.07) is 4.62. The van der Waals surface area contributed by atoms with Crippen LogP contribution in [0.3, 0.4) is 0 Å². The number of hydrogen-bond acceptors (Lipinski definition) is 8. The number of ether oxygens (including phenoxy) is 2. The number of fused-ring (bicyclic) bond motifs is 1. The maximum atomic E-state index is 6.59. The molecule has 3 aromatic heterocycles. The Morgan fingerprint density at radius 3 is 2.76 bits per heavy atom. The smallest absolute Gasteiger partial charge is 0.244 e. The number of nitrogens with one attached hydrogen (secondary N) is 1. The maximum Gasteiger partial charge on any atom is 0.244 e. The van der Waals surface area contributed by atoms with Crippen molar-refractivity contribution in [3.8, 4) is 5.88 Å². The topological polar surface area (TPSA) is 77.3 Å². The van der Waals surface area contributed by atoms with E-state index in [9.17, 15) is 0 Å². The Balaban J connectivity index is 0.00000289. The minimum Gasteiger partial charge on any atom is -0.473 e. The fourth-order valence-electron chi connectivity index (χ4n) is 4.86. The summed E-state index contributed by atoms with van der Waals surface area (Å²) in [6.45, 7) is 11.6. The Labute approximate surface area is 205 Å². The molecule has 8 nitrogen and oxygen atoms in total. The quantitative estimate of drug-likeness (QED) is 0.461. The summed E-state index contributed by atoms with van der Waals surface area (Å²) in [5.74, 6) is 1.14. The van der Waals surface area contributed by atoms with E-state index in [2.05, 4.69) is 25.7 Å². The third-order valence-corrected chi connectivity index (χ3v) is 7.38. The van der Waals surface area contributed by atoms with Crippen LogP contribution in [0.5, 0.6) is 5.88 Å². The Kier molecular flexibility index (Phi) is 6.94. The van der Waals surface area contributed by atoms with Crippen molar-refractivity contribution in [2.24, 2.45) is 0 Å². The molecule has 0 amide bonds. The van der Waals surface area contributed by atoms with Crippen LogP contribution in [0.2, 0.25) is 0 Å². The summed E-state index contributed by atoms with van der Waals surface area (Å²) in [5, 5.41) is 4.22. The molecule has 9 heteroatoms. The molecule has 0 atom stereocenters. The van der Waals surface area contributed by atoms with Gasteiger partial charge in [-0.25, -0.2) is 4.98 Å². The van der Waals surface area contributed by atoms with E-state index in [0.717, 1.165) is 79.4 Å². The second kappa shape index (κ2) is 10.2. The number of rotatable bonds is 7. The molecule has 0 bridgehead atoms. The lowest BCUT2D eigenvalue weighted by Crippen LogP contribution is -2.46. The molecule has 1 saturated carbocycles. The van der Waals surface area contributed by atoms with Crippen molar-refractivity contribution in [2.45, 2.75) is 51.7 Å². The van der Waals surface area contributed by atoms with Crippen molar-refractivity contribution in [2.75, 3.05) is 31.6 Å². The summed E-state index contributed by atoms with van der Waals surface area (Å²) >= 11 is 1.40. The van der Waals surface area contributed by atoms with Gasteiger partial charge in [-0.3, -0.25) is 4.90 Å². The zero-order chi connectivity index (χ0) is 23.5. The molecule has 1 saturated heterocycles. The first-order chi connectivity index (χ1) is 16.6. The molecule has 182 valence electrons. The molecule has 34 heavy (non-hydrogen) atoms. The van der Waals surface area contributed by atoms with E-state index < -0.39 is 0 Å². The highest BCUT2D eigenvalue weighted by molar-refractivity contribution is 7.10. The van der Waals surface area contributed by atoms with Gasteiger partial charge in [0.2, 0.25) is 11.8 Å². The second-order valence-corrected chi connectivity index (χ2v) is 9.77. The molecule has 2 aliphatic rings. The number of nitrogens with zero attached hydrogens (tertiary/aromatic N) is 5. The van der Waals surface area contributed by atoms with Crippen LogP contribution in [0.4, 0.5) is 10.9 Å².